The van der Waals surface area contributed by atoms with Crippen molar-refractivity contribution in [2.75, 3.05) is 0 Å². The number of hydrogen-bond acceptors (Lipinski definition) is 5. The van der Waals surface area contributed by atoms with E-state index in [9.17, 15) is 8.42 Å². The molecule has 110 valence electrons. The summed E-state index contributed by atoms with van der Waals surface area (Å²) in [5, 5.41) is 1.99. The van der Waals surface area contributed by atoms with Gasteiger partial charge in [-0.25, -0.2) is 18.1 Å². The van der Waals surface area contributed by atoms with Gasteiger partial charge in [0.1, 0.15) is 0 Å². The molecule has 0 unspecified atom stereocenters. The molecule has 0 radical (unpaired) electrons. The van der Waals surface area contributed by atoms with Gasteiger partial charge in [-0.1, -0.05) is 0 Å². The molecule has 0 saturated heterocycles. The number of imidazole rings is 1. The number of nitrogens with zero attached hydrogens (tertiary/aromatic N) is 2. The van der Waals surface area contributed by atoms with Crippen molar-refractivity contribution in [2.45, 2.75) is 11.6 Å². The van der Waals surface area contributed by atoms with E-state index in [1.54, 1.807) is 24.1 Å². The predicted octanol–water partition coefficient (Wildman–Crippen LogP) is 2.22. The fourth-order valence-corrected chi connectivity index (χ4v) is 3.73. The van der Waals surface area contributed by atoms with Gasteiger partial charge in [-0.2, -0.15) is 0 Å². The van der Waals surface area contributed by atoms with Crippen molar-refractivity contribution in [1.82, 2.24) is 14.3 Å². The summed E-state index contributed by atoms with van der Waals surface area (Å²) in [6, 6.07) is 3.81. The Morgan fingerprint density at radius 1 is 1.43 bits per heavy atom. The number of thiophene rings is 1. The summed E-state index contributed by atoms with van der Waals surface area (Å²) >= 11 is 1.49. The molecule has 0 spiro atoms. The van der Waals surface area contributed by atoms with Crippen molar-refractivity contribution < 1.29 is 12.8 Å². The summed E-state index contributed by atoms with van der Waals surface area (Å²) in [4.78, 5) is 4.77. The zero-order valence-electron chi connectivity index (χ0n) is 11.2. The van der Waals surface area contributed by atoms with E-state index in [0.717, 1.165) is 16.0 Å². The fourth-order valence-electron chi connectivity index (χ4n) is 1.82. The lowest BCUT2D eigenvalue weighted by Crippen LogP contribution is -2.23. The van der Waals surface area contributed by atoms with Crippen LogP contribution in [-0.4, -0.2) is 18.0 Å². The number of hydrogen-bond donors (Lipinski definition) is 1. The van der Waals surface area contributed by atoms with Crippen LogP contribution in [0.2, 0.25) is 0 Å². The van der Waals surface area contributed by atoms with Crippen LogP contribution in [0.5, 0.6) is 0 Å². The molecule has 0 aliphatic rings. The molecule has 0 aliphatic heterocycles. The van der Waals surface area contributed by atoms with Gasteiger partial charge >= 0.3 is 0 Å². The largest absolute Gasteiger partial charge is 0.472 e. The second-order valence-corrected chi connectivity index (χ2v) is 7.23. The van der Waals surface area contributed by atoms with Crippen LogP contribution in [0.3, 0.4) is 0 Å². The highest BCUT2D eigenvalue weighted by atomic mass is 32.2. The van der Waals surface area contributed by atoms with Crippen LogP contribution in [0.4, 0.5) is 0 Å². The van der Waals surface area contributed by atoms with Crippen LogP contribution in [0.1, 0.15) is 4.88 Å². The number of sulfonamides is 1. The van der Waals surface area contributed by atoms with Gasteiger partial charge in [0, 0.05) is 30.2 Å². The smallest absolute Gasteiger partial charge is 0.259 e. The maximum atomic E-state index is 12.1. The van der Waals surface area contributed by atoms with Crippen LogP contribution >= 0.6 is 11.3 Å². The topological polar surface area (TPSA) is 77.1 Å². The fraction of sp³-hybridized carbons (Fsp3) is 0.154. The first-order chi connectivity index (χ1) is 10.0. The Kier molecular flexibility index (Phi) is 3.66. The molecule has 21 heavy (non-hydrogen) atoms. The SMILES string of the molecule is Cn1cnc(S(=O)(=O)NCc2cc(-c3ccoc3)cs2)c1. The minimum Gasteiger partial charge on any atom is -0.472 e. The third kappa shape index (κ3) is 3.07. The van der Waals surface area contributed by atoms with Gasteiger partial charge in [-0.05, 0) is 23.1 Å². The van der Waals surface area contributed by atoms with Crippen molar-refractivity contribution >= 4 is 21.4 Å². The van der Waals surface area contributed by atoms with Crippen molar-refractivity contribution in [3.63, 3.8) is 0 Å². The first kappa shape index (κ1) is 14.1. The van der Waals surface area contributed by atoms with Gasteiger partial charge < -0.3 is 8.98 Å². The van der Waals surface area contributed by atoms with Gasteiger partial charge in [-0.3, -0.25) is 0 Å². The predicted molar refractivity (Wildman–Crippen MR) is 79.3 cm³/mol. The average molecular weight is 323 g/mol. The molecule has 3 heterocycles. The summed E-state index contributed by atoms with van der Waals surface area (Å²) < 4.78 is 33.3. The lowest BCUT2D eigenvalue weighted by atomic mass is 10.2. The molecule has 0 saturated carbocycles. The third-order valence-electron chi connectivity index (χ3n) is 2.90. The Morgan fingerprint density at radius 3 is 2.95 bits per heavy atom. The summed E-state index contributed by atoms with van der Waals surface area (Å²) in [7, 11) is -1.85. The van der Waals surface area contributed by atoms with Gasteiger partial charge in [0.05, 0.1) is 18.9 Å². The van der Waals surface area contributed by atoms with Crippen molar-refractivity contribution in [1.29, 1.82) is 0 Å². The number of aromatic nitrogens is 2. The standard InChI is InChI=1S/C13H13N3O3S2/c1-16-6-13(14-9-16)21(17,18)15-5-12-4-11(8-20-12)10-2-3-19-7-10/h2-4,6-9,15H,5H2,1H3. The highest BCUT2D eigenvalue weighted by Crippen LogP contribution is 2.26. The van der Waals surface area contributed by atoms with Crippen LogP contribution in [0.15, 0.2) is 52.0 Å². The molecule has 3 aromatic heterocycles. The molecule has 0 atom stereocenters. The van der Waals surface area contributed by atoms with Crippen LogP contribution in [-0.2, 0) is 23.6 Å². The van der Waals surface area contributed by atoms with E-state index in [2.05, 4.69) is 9.71 Å². The Morgan fingerprint density at radius 2 is 2.29 bits per heavy atom. The molecule has 0 aromatic carbocycles. The third-order valence-corrected chi connectivity index (χ3v) is 5.12. The Labute approximate surface area is 126 Å². The molecular formula is C13H13N3O3S2. The van der Waals surface area contributed by atoms with Crippen molar-refractivity contribution in [3.05, 3.63) is 47.4 Å². The van der Waals surface area contributed by atoms with E-state index in [1.165, 1.54) is 23.9 Å². The molecule has 1 N–H and O–H groups in total. The number of aryl methyl sites for hydroxylation is 1. The summed E-state index contributed by atoms with van der Waals surface area (Å²) in [6.45, 7) is 0.238. The molecule has 6 nitrogen and oxygen atoms in total. The molecular weight excluding hydrogens is 310 g/mol. The second-order valence-electron chi connectivity index (χ2n) is 4.52. The van der Waals surface area contributed by atoms with E-state index >= 15 is 0 Å². The molecule has 3 rings (SSSR count). The van der Waals surface area contributed by atoms with Crippen LogP contribution in [0, 0.1) is 0 Å². The lowest BCUT2D eigenvalue weighted by molar-refractivity contribution is 0.568. The monoisotopic (exact) mass is 323 g/mol. The quantitative estimate of drug-likeness (QED) is 0.781. The van der Waals surface area contributed by atoms with E-state index in [-0.39, 0.29) is 11.6 Å². The number of rotatable bonds is 5. The molecule has 3 aromatic rings. The molecule has 0 amide bonds. The van der Waals surface area contributed by atoms with E-state index in [1.807, 2.05) is 17.5 Å². The Bertz CT molecular complexity index is 832. The van der Waals surface area contributed by atoms with Gasteiger partial charge in [0.15, 0.2) is 5.03 Å². The molecule has 0 bridgehead atoms. The maximum absolute atomic E-state index is 12.1. The Hall–Kier alpha value is -1.90. The van der Waals surface area contributed by atoms with Gasteiger partial charge in [0.2, 0.25) is 0 Å². The van der Waals surface area contributed by atoms with Crippen molar-refractivity contribution in [3.8, 4) is 11.1 Å². The molecule has 8 heteroatoms. The van der Waals surface area contributed by atoms with Gasteiger partial charge in [-0.15, -0.1) is 11.3 Å². The normalized spacial score (nSPS) is 11.9. The van der Waals surface area contributed by atoms with E-state index in [4.69, 9.17) is 4.42 Å². The maximum Gasteiger partial charge on any atom is 0.259 e. The van der Waals surface area contributed by atoms with Gasteiger partial charge in [0.25, 0.3) is 10.0 Å². The summed E-state index contributed by atoms with van der Waals surface area (Å²) in [6.07, 6.45) is 6.19. The minimum absolute atomic E-state index is 0.0246. The average Bonchev–Trinajstić information content (AvgIpc) is 3.17. The zero-order chi connectivity index (χ0) is 14.9. The minimum atomic E-state index is -3.58. The van der Waals surface area contributed by atoms with Crippen LogP contribution in [0.25, 0.3) is 11.1 Å². The Balaban J connectivity index is 1.71. The molecule has 0 fully saturated rings. The zero-order valence-corrected chi connectivity index (χ0v) is 12.8. The first-order valence-electron chi connectivity index (χ1n) is 6.12. The number of furan rings is 1. The van der Waals surface area contributed by atoms with E-state index in [0.29, 0.717) is 0 Å². The summed E-state index contributed by atoms with van der Waals surface area (Å²) in [5.41, 5.74) is 1.99. The number of nitrogens with one attached hydrogen (secondary N) is 1. The second kappa shape index (κ2) is 5.47. The highest BCUT2D eigenvalue weighted by Gasteiger charge is 2.17. The van der Waals surface area contributed by atoms with E-state index < -0.39 is 10.0 Å². The van der Waals surface area contributed by atoms with Crippen LogP contribution < -0.4 is 4.72 Å². The molecule has 0 aliphatic carbocycles. The summed E-state index contributed by atoms with van der Waals surface area (Å²) in [5.74, 6) is 0. The van der Waals surface area contributed by atoms with Crippen molar-refractivity contribution in [2.24, 2.45) is 7.05 Å². The first-order valence-corrected chi connectivity index (χ1v) is 8.48. The lowest BCUT2D eigenvalue weighted by Gasteiger charge is -2.01. The highest BCUT2D eigenvalue weighted by molar-refractivity contribution is 7.89.